The molecule has 0 radical (unpaired) electrons. The number of rotatable bonds is 0. The van der Waals surface area contributed by atoms with Crippen LogP contribution in [0.3, 0.4) is 0 Å². The zero-order chi connectivity index (χ0) is 28.4. The highest BCUT2D eigenvalue weighted by Gasteiger charge is 2.20. The van der Waals surface area contributed by atoms with Gasteiger partial charge >= 0.3 is 0 Å². The van der Waals surface area contributed by atoms with Crippen molar-refractivity contribution in [3.05, 3.63) is 47.6 Å². The highest BCUT2D eigenvalue weighted by atomic mass is 16.5. The third-order valence-corrected chi connectivity index (χ3v) is 5.13. The van der Waals surface area contributed by atoms with Crippen LogP contribution in [0.25, 0.3) is 0 Å². The Balaban J connectivity index is 1.52. The molecule has 0 saturated carbocycles. The van der Waals surface area contributed by atoms with Gasteiger partial charge in [0.1, 0.15) is 0 Å². The lowest BCUT2D eigenvalue weighted by atomic mass is 10.2. The van der Waals surface area contributed by atoms with Crippen molar-refractivity contribution in [3.8, 4) is 0 Å². The van der Waals surface area contributed by atoms with E-state index >= 15 is 0 Å². The number of hydrogen-bond acceptors (Lipinski definition) is 12. The number of ether oxygens (including phenoxy) is 4. The number of aromatic nitrogens is 4. The van der Waals surface area contributed by atoms with Crippen molar-refractivity contribution in [1.82, 2.24) is 41.2 Å². The second kappa shape index (κ2) is 17.5. The molecule has 16 heteroatoms. The van der Waals surface area contributed by atoms with Gasteiger partial charge in [0.05, 0.1) is 52.9 Å². The average Bonchev–Trinajstić information content (AvgIpc) is 2.98. The molecule has 0 fully saturated rings. The van der Waals surface area contributed by atoms with Gasteiger partial charge in [-0.3, -0.25) is 19.2 Å². The highest BCUT2D eigenvalue weighted by Crippen LogP contribution is 2.03. The van der Waals surface area contributed by atoms with Gasteiger partial charge in [-0.15, -0.1) is 0 Å². The zero-order valence-electron chi connectivity index (χ0n) is 21.8. The number of carbonyl (C=O) groups is 4. The van der Waals surface area contributed by atoms with E-state index in [4.69, 9.17) is 18.9 Å². The Morgan fingerprint density at radius 2 is 0.625 bits per heavy atom. The largest absolute Gasteiger partial charge is 0.377 e. The molecule has 1 aliphatic heterocycles. The van der Waals surface area contributed by atoms with Crippen LogP contribution >= 0.6 is 0 Å². The molecule has 3 heterocycles. The first-order valence-electron chi connectivity index (χ1n) is 12.6. The van der Waals surface area contributed by atoms with Gasteiger partial charge in [0.15, 0.2) is 22.8 Å². The number of nitrogens with one attached hydrogen (secondary N) is 4. The SMILES string of the molecule is O=C1NCCOCCOCCNC(=O)c2nccnc2C(=O)NCCOCCOCCNC(=O)c2nccnc21. The van der Waals surface area contributed by atoms with Crippen LogP contribution < -0.4 is 21.3 Å². The van der Waals surface area contributed by atoms with E-state index in [1.54, 1.807) is 0 Å². The van der Waals surface area contributed by atoms with Gasteiger partial charge in [-0.05, 0) is 0 Å². The lowest BCUT2D eigenvalue weighted by Crippen LogP contribution is -2.34. The molecule has 0 aliphatic carbocycles. The van der Waals surface area contributed by atoms with Crippen molar-refractivity contribution in [2.75, 3.05) is 79.0 Å². The Kier molecular flexibility index (Phi) is 13.3. The summed E-state index contributed by atoms with van der Waals surface area (Å²) < 4.78 is 21.7. The fraction of sp³-hybridized carbons (Fsp3) is 0.500. The standard InChI is InChI=1S/C24H32N8O8/c33-21-17-18(26-2-1-25-17)22(34)30-6-10-38-15-16-40-12-8-32-24(36)20-19(27-3-4-28-20)23(35)31-7-11-39-14-13-37-9-5-29-21/h1-4H,5-16H2,(H,29,33)(H,30,34)(H,31,35)(H,32,36). The van der Waals surface area contributed by atoms with Crippen LogP contribution in [-0.4, -0.2) is 123 Å². The molecule has 1 aliphatic rings. The molecule has 0 spiro atoms. The van der Waals surface area contributed by atoms with Crippen molar-refractivity contribution >= 4 is 23.6 Å². The van der Waals surface area contributed by atoms with Gasteiger partial charge in [0.2, 0.25) is 0 Å². The fourth-order valence-corrected chi connectivity index (χ4v) is 3.27. The average molecular weight is 561 g/mol. The predicted octanol–water partition coefficient (Wildman–Crippen LogP) is -2.03. The summed E-state index contributed by atoms with van der Waals surface area (Å²) in [6, 6.07) is 0. The Morgan fingerprint density at radius 1 is 0.400 bits per heavy atom. The van der Waals surface area contributed by atoms with Crippen LogP contribution in [0.2, 0.25) is 0 Å². The zero-order valence-corrected chi connectivity index (χ0v) is 21.8. The summed E-state index contributed by atoms with van der Waals surface area (Å²) >= 11 is 0. The second-order valence-corrected chi connectivity index (χ2v) is 7.98. The maximum absolute atomic E-state index is 12.5. The van der Waals surface area contributed by atoms with E-state index in [1.165, 1.54) is 24.8 Å². The van der Waals surface area contributed by atoms with Crippen LogP contribution in [0.5, 0.6) is 0 Å². The normalized spacial score (nSPS) is 18.4. The monoisotopic (exact) mass is 560 g/mol. The smallest absolute Gasteiger partial charge is 0.272 e. The summed E-state index contributed by atoms with van der Waals surface area (Å²) in [5.74, 6) is -2.23. The molecule has 0 atom stereocenters. The van der Waals surface area contributed by atoms with Gasteiger partial charge in [0.25, 0.3) is 23.6 Å². The summed E-state index contributed by atoms with van der Waals surface area (Å²) in [5, 5.41) is 10.5. The fourth-order valence-electron chi connectivity index (χ4n) is 3.27. The van der Waals surface area contributed by atoms with Gasteiger partial charge < -0.3 is 40.2 Å². The minimum Gasteiger partial charge on any atom is -0.377 e. The Morgan fingerprint density at radius 3 is 0.850 bits per heavy atom. The molecule has 0 saturated heterocycles. The summed E-state index contributed by atoms with van der Waals surface area (Å²) in [4.78, 5) is 65.9. The third kappa shape index (κ3) is 10.2. The molecule has 3 rings (SSSR count). The molecular weight excluding hydrogens is 528 g/mol. The maximum atomic E-state index is 12.5. The summed E-state index contributed by atoms with van der Waals surface area (Å²) in [7, 11) is 0. The predicted molar refractivity (Wildman–Crippen MR) is 137 cm³/mol. The van der Waals surface area contributed by atoms with E-state index in [2.05, 4.69) is 41.2 Å². The summed E-state index contributed by atoms with van der Waals surface area (Å²) in [6.45, 7) is 2.52. The number of carbonyl (C=O) groups excluding carboxylic acids is 4. The lowest BCUT2D eigenvalue weighted by Gasteiger charge is -2.11. The first-order valence-corrected chi connectivity index (χ1v) is 12.6. The first-order chi connectivity index (χ1) is 19.6. The van der Waals surface area contributed by atoms with Crippen molar-refractivity contribution in [2.45, 2.75) is 0 Å². The van der Waals surface area contributed by atoms with Crippen molar-refractivity contribution in [1.29, 1.82) is 0 Å². The van der Waals surface area contributed by atoms with Crippen LogP contribution in [-0.2, 0) is 18.9 Å². The van der Waals surface area contributed by atoms with E-state index in [1.807, 2.05) is 0 Å². The minimum absolute atomic E-state index is 0.103. The molecule has 16 nitrogen and oxygen atoms in total. The molecule has 4 amide bonds. The number of nitrogens with zero attached hydrogens (tertiary/aromatic N) is 4. The molecule has 0 aromatic carbocycles. The topological polar surface area (TPSA) is 205 Å². The van der Waals surface area contributed by atoms with Crippen molar-refractivity contribution in [2.24, 2.45) is 0 Å². The van der Waals surface area contributed by atoms with Crippen LogP contribution in [0.1, 0.15) is 42.0 Å². The van der Waals surface area contributed by atoms with Crippen LogP contribution in [0, 0.1) is 0 Å². The summed E-state index contributed by atoms with van der Waals surface area (Å²) in [6.07, 6.45) is 5.30. The molecule has 0 bridgehead atoms. The van der Waals surface area contributed by atoms with E-state index in [0.717, 1.165) is 0 Å². The van der Waals surface area contributed by atoms with Gasteiger partial charge in [-0.1, -0.05) is 0 Å². The summed E-state index contributed by atoms with van der Waals surface area (Å²) in [5.41, 5.74) is -0.413. The third-order valence-electron chi connectivity index (χ3n) is 5.13. The Labute approximate surface area is 230 Å². The van der Waals surface area contributed by atoms with E-state index in [0.29, 0.717) is 0 Å². The quantitative estimate of drug-likeness (QED) is 0.275. The number of amides is 4. The molecule has 2 aromatic heterocycles. The number of hydrogen-bond donors (Lipinski definition) is 4. The van der Waals surface area contributed by atoms with Crippen LogP contribution in [0.4, 0.5) is 0 Å². The molecule has 216 valence electrons. The number of fused-ring (bicyclic) bond motifs is 2. The van der Waals surface area contributed by atoms with E-state index < -0.39 is 23.6 Å². The van der Waals surface area contributed by atoms with Gasteiger partial charge in [-0.25, -0.2) is 19.9 Å². The minimum atomic E-state index is -0.558. The van der Waals surface area contributed by atoms with Gasteiger partial charge in [0, 0.05) is 51.0 Å². The second-order valence-electron chi connectivity index (χ2n) is 7.98. The first kappa shape index (κ1) is 30.4. The molecule has 2 aromatic rings. The van der Waals surface area contributed by atoms with E-state index in [9.17, 15) is 19.2 Å². The Hall–Kier alpha value is -4.12. The van der Waals surface area contributed by atoms with Crippen molar-refractivity contribution < 1.29 is 38.1 Å². The van der Waals surface area contributed by atoms with E-state index in [-0.39, 0.29) is 102 Å². The van der Waals surface area contributed by atoms with Crippen LogP contribution in [0.15, 0.2) is 24.8 Å². The lowest BCUT2D eigenvalue weighted by molar-refractivity contribution is 0.0481. The van der Waals surface area contributed by atoms with Crippen molar-refractivity contribution in [3.63, 3.8) is 0 Å². The maximum Gasteiger partial charge on any atom is 0.272 e. The molecule has 0 unspecified atom stereocenters. The molecule has 4 N–H and O–H groups in total. The van der Waals surface area contributed by atoms with Gasteiger partial charge in [-0.2, -0.15) is 0 Å². The Bertz CT molecular complexity index is 962. The molecular formula is C24H32N8O8. The molecule has 40 heavy (non-hydrogen) atoms. The highest BCUT2D eigenvalue weighted by molar-refractivity contribution is 6.05.